The van der Waals surface area contributed by atoms with Crippen LogP contribution in [0.5, 0.6) is 0 Å². The number of carbonyl (C=O) groups excluding carboxylic acids is 2. The zero-order valence-electron chi connectivity index (χ0n) is 12.6. The standard InChI is InChI=1S/C15H23N3O2S/c1-11-6-3-4-8-18(11)14(19)12(2)17-15(20)16-10-13-7-5-9-21-13/h5,7,9,11-12H,3-4,6,8,10H2,1-2H3,(H2,16,17,20)/t11-,12+/m1/s1. The fourth-order valence-corrected chi connectivity index (χ4v) is 3.21. The number of nitrogens with zero attached hydrogens (tertiary/aromatic N) is 1. The monoisotopic (exact) mass is 309 g/mol. The van der Waals surface area contributed by atoms with Gasteiger partial charge in [0.15, 0.2) is 0 Å². The van der Waals surface area contributed by atoms with Crippen LogP contribution in [-0.4, -0.2) is 35.5 Å². The molecule has 1 aromatic heterocycles. The third-order valence-corrected chi connectivity index (χ3v) is 4.68. The van der Waals surface area contributed by atoms with Crippen molar-refractivity contribution in [2.45, 2.75) is 51.7 Å². The van der Waals surface area contributed by atoms with E-state index in [0.717, 1.165) is 24.3 Å². The van der Waals surface area contributed by atoms with Crippen molar-refractivity contribution < 1.29 is 9.59 Å². The highest BCUT2D eigenvalue weighted by atomic mass is 32.1. The summed E-state index contributed by atoms with van der Waals surface area (Å²) in [5, 5.41) is 7.47. The summed E-state index contributed by atoms with van der Waals surface area (Å²) in [4.78, 5) is 27.2. The number of amides is 3. The highest BCUT2D eigenvalue weighted by Gasteiger charge is 2.27. The van der Waals surface area contributed by atoms with Gasteiger partial charge >= 0.3 is 6.03 Å². The second kappa shape index (κ2) is 7.45. The van der Waals surface area contributed by atoms with Crippen LogP contribution in [-0.2, 0) is 11.3 Å². The zero-order valence-corrected chi connectivity index (χ0v) is 13.4. The Bertz CT molecular complexity index is 475. The maximum Gasteiger partial charge on any atom is 0.315 e. The molecule has 6 heteroatoms. The van der Waals surface area contributed by atoms with E-state index in [1.165, 1.54) is 6.42 Å². The van der Waals surface area contributed by atoms with Crippen LogP contribution in [0.15, 0.2) is 17.5 Å². The van der Waals surface area contributed by atoms with Gasteiger partial charge in [0.05, 0.1) is 6.54 Å². The van der Waals surface area contributed by atoms with Crippen LogP contribution in [0.1, 0.15) is 38.0 Å². The number of carbonyl (C=O) groups is 2. The Morgan fingerprint density at radius 1 is 1.48 bits per heavy atom. The summed E-state index contributed by atoms with van der Waals surface area (Å²) < 4.78 is 0. The molecule has 2 N–H and O–H groups in total. The third-order valence-electron chi connectivity index (χ3n) is 3.81. The first-order chi connectivity index (χ1) is 10.1. The maximum atomic E-state index is 12.4. The number of nitrogens with one attached hydrogen (secondary N) is 2. The fourth-order valence-electron chi connectivity index (χ4n) is 2.56. The minimum Gasteiger partial charge on any atom is -0.338 e. The Hall–Kier alpha value is -1.56. The number of thiophene rings is 1. The van der Waals surface area contributed by atoms with Crippen molar-refractivity contribution in [3.63, 3.8) is 0 Å². The summed E-state index contributed by atoms with van der Waals surface area (Å²) in [6.07, 6.45) is 3.27. The summed E-state index contributed by atoms with van der Waals surface area (Å²) in [5.74, 6) is 0.00785. The minimum absolute atomic E-state index is 0.00785. The van der Waals surface area contributed by atoms with Crippen LogP contribution in [0.2, 0.25) is 0 Å². The summed E-state index contributed by atoms with van der Waals surface area (Å²) in [7, 11) is 0. The highest BCUT2D eigenvalue weighted by Crippen LogP contribution is 2.17. The average molecular weight is 309 g/mol. The number of urea groups is 1. The normalized spacial score (nSPS) is 19.9. The first kappa shape index (κ1) is 15.8. The lowest BCUT2D eigenvalue weighted by atomic mass is 10.0. The summed E-state index contributed by atoms with van der Waals surface area (Å²) in [5.41, 5.74) is 0. The molecular formula is C15H23N3O2S. The van der Waals surface area contributed by atoms with Gasteiger partial charge in [-0.1, -0.05) is 6.07 Å². The number of piperidine rings is 1. The fraction of sp³-hybridized carbons (Fsp3) is 0.600. The Balaban J connectivity index is 1.78. The van der Waals surface area contributed by atoms with E-state index in [1.54, 1.807) is 18.3 Å². The lowest BCUT2D eigenvalue weighted by Crippen LogP contribution is -2.53. The van der Waals surface area contributed by atoms with Gasteiger partial charge in [0.25, 0.3) is 0 Å². The SMILES string of the molecule is C[C@H](NC(=O)NCc1cccs1)C(=O)N1CCCC[C@H]1C. The summed E-state index contributed by atoms with van der Waals surface area (Å²) in [6, 6.07) is 3.39. The topological polar surface area (TPSA) is 61.4 Å². The quantitative estimate of drug-likeness (QED) is 0.897. The molecule has 0 unspecified atom stereocenters. The van der Waals surface area contributed by atoms with Crippen molar-refractivity contribution in [1.82, 2.24) is 15.5 Å². The lowest BCUT2D eigenvalue weighted by Gasteiger charge is -2.35. The van der Waals surface area contributed by atoms with Gasteiger partial charge in [-0.3, -0.25) is 4.79 Å². The van der Waals surface area contributed by atoms with Gasteiger partial charge in [-0.15, -0.1) is 11.3 Å². The van der Waals surface area contributed by atoms with Crippen LogP contribution >= 0.6 is 11.3 Å². The average Bonchev–Trinajstić information content (AvgIpc) is 2.98. The number of hydrogen-bond donors (Lipinski definition) is 2. The van der Waals surface area contributed by atoms with Crippen LogP contribution < -0.4 is 10.6 Å². The first-order valence-electron chi connectivity index (χ1n) is 7.45. The molecular weight excluding hydrogens is 286 g/mol. The van der Waals surface area contributed by atoms with Gasteiger partial charge in [-0.2, -0.15) is 0 Å². The maximum absolute atomic E-state index is 12.4. The number of rotatable bonds is 4. The zero-order chi connectivity index (χ0) is 15.2. The molecule has 0 radical (unpaired) electrons. The Kier molecular flexibility index (Phi) is 5.61. The molecule has 0 spiro atoms. The van der Waals surface area contributed by atoms with Crippen molar-refractivity contribution in [2.75, 3.05) is 6.54 Å². The molecule has 5 nitrogen and oxygen atoms in total. The molecule has 0 aromatic carbocycles. The summed E-state index contributed by atoms with van der Waals surface area (Å²) >= 11 is 1.60. The molecule has 1 aliphatic rings. The van der Waals surface area contributed by atoms with Crippen molar-refractivity contribution in [3.05, 3.63) is 22.4 Å². The third kappa shape index (κ3) is 4.46. The molecule has 1 aromatic rings. The van der Waals surface area contributed by atoms with Gasteiger partial charge in [-0.25, -0.2) is 4.79 Å². The number of hydrogen-bond acceptors (Lipinski definition) is 3. The molecule has 1 fully saturated rings. The van der Waals surface area contributed by atoms with Crippen molar-refractivity contribution in [2.24, 2.45) is 0 Å². The largest absolute Gasteiger partial charge is 0.338 e. The highest BCUT2D eigenvalue weighted by molar-refractivity contribution is 7.09. The van der Waals surface area contributed by atoms with E-state index in [0.29, 0.717) is 6.54 Å². The number of likely N-dealkylation sites (tertiary alicyclic amines) is 1. The molecule has 116 valence electrons. The molecule has 0 aliphatic carbocycles. The molecule has 3 amide bonds. The second-order valence-corrected chi connectivity index (χ2v) is 6.54. The van der Waals surface area contributed by atoms with Crippen molar-refractivity contribution in [3.8, 4) is 0 Å². The minimum atomic E-state index is -0.492. The smallest absolute Gasteiger partial charge is 0.315 e. The van der Waals surface area contributed by atoms with E-state index < -0.39 is 6.04 Å². The Morgan fingerprint density at radius 2 is 2.29 bits per heavy atom. The Labute approximate surface area is 129 Å². The van der Waals surface area contributed by atoms with E-state index >= 15 is 0 Å². The molecule has 21 heavy (non-hydrogen) atoms. The van der Waals surface area contributed by atoms with Gasteiger partial charge < -0.3 is 15.5 Å². The Morgan fingerprint density at radius 3 is 2.95 bits per heavy atom. The lowest BCUT2D eigenvalue weighted by molar-refractivity contribution is -0.136. The molecule has 0 bridgehead atoms. The van der Waals surface area contributed by atoms with Crippen LogP contribution in [0, 0.1) is 0 Å². The van der Waals surface area contributed by atoms with E-state index in [2.05, 4.69) is 17.6 Å². The van der Waals surface area contributed by atoms with Crippen LogP contribution in [0.4, 0.5) is 4.79 Å². The van der Waals surface area contributed by atoms with Crippen LogP contribution in [0.25, 0.3) is 0 Å². The molecule has 1 aliphatic heterocycles. The van der Waals surface area contributed by atoms with Gasteiger partial charge in [-0.05, 0) is 44.6 Å². The predicted octanol–water partition coefficient (Wildman–Crippen LogP) is 2.34. The first-order valence-corrected chi connectivity index (χ1v) is 8.33. The van der Waals surface area contributed by atoms with E-state index in [-0.39, 0.29) is 18.0 Å². The molecule has 2 rings (SSSR count). The molecule has 1 saturated heterocycles. The second-order valence-electron chi connectivity index (χ2n) is 5.50. The van der Waals surface area contributed by atoms with Gasteiger partial charge in [0.2, 0.25) is 5.91 Å². The van der Waals surface area contributed by atoms with E-state index in [9.17, 15) is 9.59 Å². The van der Waals surface area contributed by atoms with E-state index in [1.807, 2.05) is 22.4 Å². The van der Waals surface area contributed by atoms with Crippen molar-refractivity contribution in [1.29, 1.82) is 0 Å². The van der Waals surface area contributed by atoms with Gasteiger partial charge in [0.1, 0.15) is 6.04 Å². The van der Waals surface area contributed by atoms with Gasteiger partial charge in [0, 0.05) is 17.5 Å². The summed E-state index contributed by atoms with van der Waals surface area (Å²) in [6.45, 7) is 5.10. The van der Waals surface area contributed by atoms with Crippen molar-refractivity contribution >= 4 is 23.3 Å². The molecule has 2 atom stereocenters. The predicted molar refractivity (Wildman–Crippen MR) is 84.2 cm³/mol. The molecule has 2 heterocycles. The van der Waals surface area contributed by atoms with Crippen LogP contribution in [0.3, 0.4) is 0 Å². The van der Waals surface area contributed by atoms with E-state index in [4.69, 9.17) is 0 Å². The molecule has 0 saturated carbocycles.